The Morgan fingerprint density at radius 1 is 0.657 bits per heavy atom. The first-order valence-electron chi connectivity index (χ1n) is 11.5. The molecule has 172 valence electrons. The molecule has 0 atom stereocenters. The van der Waals surface area contributed by atoms with Crippen LogP contribution >= 0.6 is 0 Å². The van der Waals surface area contributed by atoms with Crippen molar-refractivity contribution >= 4 is 12.6 Å². The van der Waals surface area contributed by atoms with E-state index in [2.05, 4.69) is 6.07 Å². The number of nitrogens with zero attached hydrogens (tertiary/aromatic N) is 4. The fourth-order valence-electron chi connectivity index (χ4n) is 3.85. The molecule has 7 heteroatoms. The molecule has 0 unspecified atom stereocenters. The number of benzene rings is 3. The highest BCUT2D eigenvalue weighted by Crippen LogP contribution is 2.36. The van der Waals surface area contributed by atoms with E-state index in [1.807, 2.05) is 94.4 Å². The number of nitriles is 1. The van der Waals surface area contributed by atoms with Crippen LogP contribution in [0.5, 0.6) is 0 Å². The maximum atomic E-state index is 9.15. The van der Waals surface area contributed by atoms with Crippen molar-refractivity contribution in [3.8, 4) is 40.2 Å². The molecule has 4 aromatic rings. The van der Waals surface area contributed by atoms with Gasteiger partial charge in [0.25, 0.3) is 0 Å². The van der Waals surface area contributed by atoms with Gasteiger partial charge in [-0.2, -0.15) is 5.26 Å². The number of aromatic nitrogens is 3. The molecule has 3 aromatic carbocycles. The summed E-state index contributed by atoms with van der Waals surface area (Å²) in [4.78, 5) is 14.3. The van der Waals surface area contributed by atoms with Gasteiger partial charge in [-0.25, -0.2) is 15.0 Å². The molecule has 0 aliphatic carbocycles. The van der Waals surface area contributed by atoms with E-state index in [4.69, 9.17) is 29.5 Å². The van der Waals surface area contributed by atoms with E-state index in [0.29, 0.717) is 23.0 Å². The van der Waals surface area contributed by atoms with Gasteiger partial charge in [0.15, 0.2) is 17.5 Å². The van der Waals surface area contributed by atoms with Crippen LogP contribution in [0.4, 0.5) is 0 Å². The summed E-state index contributed by atoms with van der Waals surface area (Å²) >= 11 is 0. The van der Waals surface area contributed by atoms with E-state index in [-0.39, 0.29) is 0 Å². The van der Waals surface area contributed by atoms with Gasteiger partial charge in [0.2, 0.25) is 0 Å². The third-order valence-electron chi connectivity index (χ3n) is 6.61. The van der Waals surface area contributed by atoms with Crippen LogP contribution in [0.15, 0.2) is 78.9 Å². The second kappa shape index (κ2) is 8.73. The van der Waals surface area contributed by atoms with Crippen molar-refractivity contribution < 1.29 is 9.31 Å². The molecule has 35 heavy (non-hydrogen) atoms. The van der Waals surface area contributed by atoms with Crippen LogP contribution in [0.25, 0.3) is 34.2 Å². The molecule has 0 bridgehead atoms. The Balaban J connectivity index is 1.59. The van der Waals surface area contributed by atoms with Crippen LogP contribution in [-0.2, 0) is 9.31 Å². The quantitative estimate of drug-likeness (QED) is 0.397. The molecule has 0 amide bonds. The van der Waals surface area contributed by atoms with Gasteiger partial charge in [0.1, 0.15) is 0 Å². The lowest BCUT2D eigenvalue weighted by molar-refractivity contribution is 0.00578. The molecule has 1 aliphatic heterocycles. The SMILES string of the molecule is CC1(C)OB(c2cccc(-c3nc(-c4ccccc4)nc(-c4ccc(C#N)cc4)n3)c2)OC1(C)C. The second-order valence-electron chi connectivity index (χ2n) is 9.58. The fraction of sp³-hybridized carbons (Fsp3) is 0.214. The largest absolute Gasteiger partial charge is 0.494 e. The molecule has 0 spiro atoms. The highest BCUT2D eigenvalue weighted by molar-refractivity contribution is 6.62. The van der Waals surface area contributed by atoms with Crippen molar-refractivity contribution in [3.63, 3.8) is 0 Å². The molecule has 1 aliphatic rings. The summed E-state index contributed by atoms with van der Waals surface area (Å²) in [6.45, 7) is 8.16. The predicted molar refractivity (Wildman–Crippen MR) is 137 cm³/mol. The Morgan fingerprint density at radius 2 is 1.17 bits per heavy atom. The van der Waals surface area contributed by atoms with E-state index in [9.17, 15) is 0 Å². The van der Waals surface area contributed by atoms with Crippen LogP contribution in [0.3, 0.4) is 0 Å². The van der Waals surface area contributed by atoms with Crippen molar-refractivity contribution in [3.05, 3.63) is 84.4 Å². The first kappa shape index (κ1) is 22.9. The summed E-state index contributed by atoms with van der Waals surface area (Å²) in [5, 5.41) is 9.15. The summed E-state index contributed by atoms with van der Waals surface area (Å²) in [6.07, 6.45) is 0. The maximum absolute atomic E-state index is 9.15. The molecular weight excluding hydrogens is 435 g/mol. The van der Waals surface area contributed by atoms with Crippen molar-refractivity contribution in [2.45, 2.75) is 38.9 Å². The van der Waals surface area contributed by atoms with Crippen LogP contribution < -0.4 is 5.46 Å². The van der Waals surface area contributed by atoms with Gasteiger partial charge in [-0.1, -0.05) is 54.6 Å². The van der Waals surface area contributed by atoms with Crippen molar-refractivity contribution in [1.82, 2.24) is 15.0 Å². The Hall–Kier alpha value is -3.86. The van der Waals surface area contributed by atoms with E-state index >= 15 is 0 Å². The zero-order valence-corrected chi connectivity index (χ0v) is 20.2. The zero-order chi connectivity index (χ0) is 24.6. The van der Waals surface area contributed by atoms with E-state index in [0.717, 1.165) is 22.2 Å². The van der Waals surface area contributed by atoms with Gasteiger partial charge in [-0.05, 0) is 57.4 Å². The Bertz CT molecular complexity index is 1400. The molecule has 0 N–H and O–H groups in total. The summed E-state index contributed by atoms with van der Waals surface area (Å²) < 4.78 is 12.5. The average Bonchev–Trinajstić information content (AvgIpc) is 3.11. The minimum Gasteiger partial charge on any atom is -0.399 e. The standard InChI is InChI=1S/C28H25BN4O2/c1-27(2)28(3,4)35-29(34-27)23-12-8-11-22(17-23)26-32-24(20-9-6-5-7-10-20)31-25(33-26)21-15-13-19(18-30)14-16-21/h5-17H,1-4H3. The lowest BCUT2D eigenvalue weighted by Gasteiger charge is -2.32. The molecule has 0 radical (unpaired) electrons. The van der Waals surface area contributed by atoms with Crippen LogP contribution in [0.1, 0.15) is 33.3 Å². The van der Waals surface area contributed by atoms with Crippen LogP contribution in [0, 0.1) is 11.3 Å². The van der Waals surface area contributed by atoms with Crippen molar-refractivity contribution in [2.75, 3.05) is 0 Å². The first-order valence-corrected chi connectivity index (χ1v) is 11.5. The fourth-order valence-corrected chi connectivity index (χ4v) is 3.85. The highest BCUT2D eigenvalue weighted by Gasteiger charge is 2.51. The molecule has 6 nitrogen and oxygen atoms in total. The molecule has 1 fully saturated rings. The minimum atomic E-state index is -0.478. The monoisotopic (exact) mass is 460 g/mol. The molecular formula is C28H25BN4O2. The predicted octanol–water partition coefficient (Wildman–Crippen LogP) is 5.04. The third-order valence-corrected chi connectivity index (χ3v) is 6.61. The van der Waals surface area contributed by atoms with Crippen molar-refractivity contribution in [2.24, 2.45) is 0 Å². The maximum Gasteiger partial charge on any atom is 0.494 e. The summed E-state index contributed by atoms with van der Waals surface area (Å²) in [5.74, 6) is 1.67. The summed E-state index contributed by atoms with van der Waals surface area (Å²) in [7, 11) is -0.478. The minimum absolute atomic E-state index is 0.427. The molecule has 0 saturated carbocycles. The lowest BCUT2D eigenvalue weighted by atomic mass is 9.78. The van der Waals surface area contributed by atoms with Crippen molar-refractivity contribution in [1.29, 1.82) is 5.26 Å². The lowest BCUT2D eigenvalue weighted by Crippen LogP contribution is -2.41. The smallest absolute Gasteiger partial charge is 0.399 e. The normalized spacial score (nSPS) is 16.1. The van der Waals surface area contributed by atoms with Crippen LogP contribution in [0.2, 0.25) is 0 Å². The Kier molecular flexibility index (Phi) is 5.72. The topological polar surface area (TPSA) is 80.9 Å². The van der Waals surface area contributed by atoms with Gasteiger partial charge >= 0.3 is 7.12 Å². The molecule has 5 rings (SSSR count). The number of hydrogen-bond acceptors (Lipinski definition) is 6. The van der Waals surface area contributed by atoms with Gasteiger partial charge in [-0.15, -0.1) is 0 Å². The Labute approximate surface area is 205 Å². The van der Waals surface area contributed by atoms with E-state index < -0.39 is 18.3 Å². The average molecular weight is 460 g/mol. The molecule has 1 aromatic heterocycles. The summed E-state index contributed by atoms with van der Waals surface area (Å²) in [6, 6.07) is 27.1. The van der Waals surface area contributed by atoms with Gasteiger partial charge in [-0.3, -0.25) is 0 Å². The Morgan fingerprint density at radius 3 is 1.74 bits per heavy atom. The van der Waals surface area contributed by atoms with E-state index in [1.54, 1.807) is 12.1 Å². The van der Waals surface area contributed by atoms with Gasteiger partial charge < -0.3 is 9.31 Å². The van der Waals surface area contributed by atoms with Crippen LogP contribution in [-0.4, -0.2) is 33.3 Å². The third kappa shape index (κ3) is 4.46. The highest BCUT2D eigenvalue weighted by atomic mass is 16.7. The van der Waals surface area contributed by atoms with Gasteiger partial charge in [0.05, 0.1) is 22.8 Å². The molecule has 2 heterocycles. The van der Waals surface area contributed by atoms with Gasteiger partial charge in [0, 0.05) is 16.7 Å². The summed E-state index contributed by atoms with van der Waals surface area (Å²) in [5.41, 5.74) is 3.18. The van der Waals surface area contributed by atoms with E-state index in [1.165, 1.54) is 0 Å². The number of hydrogen-bond donors (Lipinski definition) is 0. The molecule has 1 saturated heterocycles. The zero-order valence-electron chi connectivity index (χ0n) is 20.2. The second-order valence-corrected chi connectivity index (χ2v) is 9.58. The first-order chi connectivity index (χ1) is 16.8. The number of rotatable bonds is 4.